The van der Waals surface area contributed by atoms with Crippen molar-refractivity contribution in [1.29, 1.82) is 0 Å². The van der Waals surface area contributed by atoms with Crippen LogP contribution in [0.2, 0.25) is 0 Å². The molecule has 2 aliphatic rings. The van der Waals surface area contributed by atoms with E-state index in [0.29, 0.717) is 17.7 Å². The van der Waals surface area contributed by atoms with Crippen molar-refractivity contribution in [2.45, 2.75) is 25.8 Å². The summed E-state index contributed by atoms with van der Waals surface area (Å²) in [6, 6.07) is 24.1. The standard InChI is InChI=1S/C32H28N2O3S/c1-3-18-37-25-10-7-8-21(19-25)20-28-31(35)34-30(23-12-15-24(16-13-23)36-4-2)27-17-14-22-9-5-6-11-26(22)29(27)33-32(34)38-28/h3,5-13,15-16,19-20,30H,1,4,14,17-18H2,2H3. The van der Waals surface area contributed by atoms with Gasteiger partial charge in [-0.05, 0) is 72.4 Å². The van der Waals surface area contributed by atoms with Crippen molar-refractivity contribution in [1.82, 2.24) is 4.57 Å². The molecule has 1 aliphatic carbocycles. The number of aryl methyl sites for hydroxylation is 1. The number of aromatic nitrogens is 1. The van der Waals surface area contributed by atoms with Crippen LogP contribution in [-0.4, -0.2) is 17.8 Å². The average Bonchev–Trinajstić information content (AvgIpc) is 3.25. The number of hydrogen-bond donors (Lipinski definition) is 0. The number of benzene rings is 3. The minimum Gasteiger partial charge on any atom is -0.494 e. The van der Waals surface area contributed by atoms with Gasteiger partial charge >= 0.3 is 0 Å². The quantitative estimate of drug-likeness (QED) is 0.312. The van der Waals surface area contributed by atoms with Gasteiger partial charge in [-0.2, -0.15) is 0 Å². The Morgan fingerprint density at radius 2 is 1.87 bits per heavy atom. The van der Waals surface area contributed by atoms with E-state index in [9.17, 15) is 4.79 Å². The summed E-state index contributed by atoms with van der Waals surface area (Å²) in [6.07, 6.45) is 5.43. The van der Waals surface area contributed by atoms with E-state index in [1.54, 1.807) is 6.08 Å². The number of ether oxygens (including phenoxy) is 2. The van der Waals surface area contributed by atoms with E-state index in [1.165, 1.54) is 22.5 Å². The lowest BCUT2D eigenvalue weighted by atomic mass is 9.83. The maximum Gasteiger partial charge on any atom is 0.271 e. The SMILES string of the molecule is C=CCOc1cccc(C=c2sc3n(c2=O)C(c2ccc(OCC)cc2)C2=C(N=3)c3ccccc3CC2)c1. The summed E-state index contributed by atoms with van der Waals surface area (Å²) >= 11 is 1.43. The van der Waals surface area contributed by atoms with E-state index in [4.69, 9.17) is 14.5 Å². The zero-order valence-electron chi connectivity index (χ0n) is 21.2. The summed E-state index contributed by atoms with van der Waals surface area (Å²) in [4.78, 5) is 19.7. The highest BCUT2D eigenvalue weighted by molar-refractivity contribution is 7.07. The van der Waals surface area contributed by atoms with Crippen LogP contribution in [0.15, 0.2) is 101 Å². The fourth-order valence-electron chi connectivity index (χ4n) is 5.24. The Balaban J connectivity index is 1.53. The molecule has 2 heterocycles. The van der Waals surface area contributed by atoms with Crippen LogP contribution in [0.3, 0.4) is 0 Å². The monoisotopic (exact) mass is 520 g/mol. The summed E-state index contributed by atoms with van der Waals surface area (Å²) in [6.45, 7) is 6.73. The molecular formula is C32H28N2O3S. The third-order valence-electron chi connectivity index (χ3n) is 6.90. The Morgan fingerprint density at radius 1 is 1.03 bits per heavy atom. The Bertz CT molecular complexity index is 1730. The first-order valence-corrected chi connectivity index (χ1v) is 13.7. The predicted molar refractivity (Wildman–Crippen MR) is 152 cm³/mol. The van der Waals surface area contributed by atoms with Crippen LogP contribution in [0.4, 0.5) is 0 Å². The number of thiazole rings is 1. The molecule has 0 bridgehead atoms. The van der Waals surface area contributed by atoms with Gasteiger partial charge in [0.1, 0.15) is 18.1 Å². The third-order valence-corrected chi connectivity index (χ3v) is 7.89. The fourth-order valence-corrected chi connectivity index (χ4v) is 6.24. The van der Waals surface area contributed by atoms with Gasteiger partial charge in [-0.1, -0.05) is 72.5 Å². The molecule has 0 saturated carbocycles. The van der Waals surface area contributed by atoms with Gasteiger partial charge in [0, 0.05) is 5.56 Å². The maximum absolute atomic E-state index is 13.9. The van der Waals surface area contributed by atoms with Crippen molar-refractivity contribution in [3.63, 3.8) is 0 Å². The van der Waals surface area contributed by atoms with Gasteiger partial charge in [0.2, 0.25) is 0 Å². The zero-order chi connectivity index (χ0) is 26.1. The van der Waals surface area contributed by atoms with E-state index in [2.05, 4.69) is 43.0 Å². The molecule has 0 spiro atoms. The van der Waals surface area contributed by atoms with Crippen LogP contribution in [0, 0.1) is 0 Å². The van der Waals surface area contributed by atoms with Crippen LogP contribution in [0.25, 0.3) is 11.8 Å². The molecule has 1 atom stereocenters. The van der Waals surface area contributed by atoms with Crippen LogP contribution < -0.4 is 24.4 Å². The Morgan fingerprint density at radius 3 is 2.68 bits per heavy atom. The van der Waals surface area contributed by atoms with Crippen LogP contribution in [0.1, 0.15) is 41.6 Å². The van der Waals surface area contributed by atoms with Gasteiger partial charge in [-0.15, -0.1) is 0 Å². The summed E-state index contributed by atoms with van der Waals surface area (Å²) in [7, 11) is 0. The molecule has 38 heavy (non-hydrogen) atoms. The smallest absolute Gasteiger partial charge is 0.271 e. The van der Waals surface area contributed by atoms with E-state index in [-0.39, 0.29) is 11.6 Å². The topological polar surface area (TPSA) is 52.8 Å². The van der Waals surface area contributed by atoms with Crippen LogP contribution >= 0.6 is 11.3 Å². The molecule has 5 nitrogen and oxygen atoms in total. The highest BCUT2D eigenvalue weighted by Gasteiger charge is 2.32. The zero-order valence-corrected chi connectivity index (χ0v) is 22.0. The minimum absolute atomic E-state index is 0.0320. The van der Waals surface area contributed by atoms with E-state index in [0.717, 1.165) is 51.5 Å². The van der Waals surface area contributed by atoms with Crippen LogP contribution in [-0.2, 0) is 6.42 Å². The van der Waals surface area contributed by atoms with Gasteiger partial charge in [0.05, 0.1) is 22.9 Å². The van der Waals surface area contributed by atoms with E-state index < -0.39 is 0 Å². The maximum atomic E-state index is 13.9. The lowest BCUT2D eigenvalue weighted by molar-refractivity contribution is 0.340. The van der Waals surface area contributed by atoms with E-state index in [1.807, 2.05) is 54.0 Å². The fraction of sp³-hybridized carbons (Fsp3) is 0.188. The van der Waals surface area contributed by atoms with Gasteiger partial charge in [-0.3, -0.25) is 9.36 Å². The molecule has 1 aliphatic heterocycles. The second-order valence-electron chi connectivity index (χ2n) is 9.29. The number of nitrogens with zero attached hydrogens (tertiary/aromatic N) is 2. The first kappa shape index (κ1) is 24.2. The Labute approximate surface area is 225 Å². The molecular weight excluding hydrogens is 492 g/mol. The van der Waals surface area contributed by atoms with Crippen LogP contribution in [0.5, 0.6) is 11.5 Å². The third kappa shape index (κ3) is 4.41. The normalized spacial score (nSPS) is 16.2. The average molecular weight is 521 g/mol. The molecule has 4 aromatic rings. The molecule has 3 aromatic carbocycles. The second kappa shape index (κ2) is 10.3. The van der Waals surface area contributed by atoms with Gasteiger partial charge < -0.3 is 9.47 Å². The summed E-state index contributed by atoms with van der Waals surface area (Å²) in [5.41, 5.74) is 6.58. The molecule has 0 fully saturated rings. The van der Waals surface area contributed by atoms with Crippen molar-refractivity contribution in [3.05, 3.63) is 133 Å². The van der Waals surface area contributed by atoms with Crippen molar-refractivity contribution >= 4 is 23.1 Å². The number of fused-ring (bicyclic) bond motifs is 3. The first-order chi connectivity index (χ1) is 18.7. The Hall–Kier alpha value is -4.16. The number of allylic oxidation sites excluding steroid dienone is 1. The number of hydrogen-bond acceptors (Lipinski definition) is 5. The van der Waals surface area contributed by atoms with Crippen molar-refractivity contribution in [3.8, 4) is 11.5 Å². The minimum atomic E-state index is -0.213. The van der Waals surface area contributed by atoms with Crippen molar-refractivity contribution in [2.24, 2.45) is 4.99 Å². The van der Waals surface area contributed by atoms with Crippen molar-refractivity contribution in [2.75, 3.05) is 13.2 Å². The lowest BCUT2D eigenvalue weighted by Gasteiger charge is -2.30. The predicted octanol–water partition coefficient (Wildman–Crippen LogP) is 5.28. The second-order valence-corrected chi connectivity index (χ2v) is 10.3. The van der Waals surface area contributed by atoms with Gasteiger partial charge in [-0.25, -0.2) is 4.99 Å². The summed E-state index contributed by atoms with van der Waals surface area (Å²) in [5.74, 6) is 1.57. The molecule has 0 amide bonds. The highest BCUT2D eigenvalue weighted by atomic mass is 32.1. The molecule has 1 aromatic heterocycles. The largest absolute Gasteiger partial charge is 0.494 e. The molecule has 6 rings (SSSR count). The molecule has 0 radical (unpaired) electrons. The molecule has 1 unspecified atom stereocenters. The lowest BCUT2D eigenvalue weighted by Crippen LogP contribution is -2.38. The van der Waals surface area contributed by atoms with E-state index >= 15 is 0 Å². The highest BCUT2D eigenvalue weighted by Crippen LogP contribution is 2.41. The summed E-state index contributed by atoms with van der Waals surface area (Å²) in [5, 5.41) is 0. The van der Waals surface area contributed by atoms with Gasteiger partial charge in [0.15, 0.2) is 4.80 Å². The molecule has 190 valence electrons. The number of rotatable bonds is 7. The van der Waals surface area contributed by atoms with Crippen molar-refractivity contribution < 1.29 is 9.47 Å². The molecule has 0 saturated heterocycles. The summed E-state index contributed by atoms with van der Waals surface area (Å²) < 4.78 is 13.9. The Kier molecular flexibility index (Phi) is 6.56. The molecule has 6 heteroatoms. The first-order valence-electron chi connectivity index (χ1n) is 12.9. The molecule has 0 N–H and O–H groups in total. The van der Waals surface area contributed by atoms with Gasteiger partial charge in [0.25, 0.3) is 5.56 Å².